The van der Waals surface area contributed by atoms with Gasteiger partial charge < -0.3 is 14.7 Å². The summed E-state index contributed by atoms with van der Waals surface area (Å²) in [5.41, 5.74) is 0. The standard InChI is InChI=1S/C15H21N5O/c21-15(18-8-1-2-9-18)20-11-5-12-13(20)4-10-19(12)14-16-6-3-7-17-14/h3,6-7,12-13H,1-2,4-5,8-11H2/t12-,13+/m1/s1. The fourth-order valence-corrected chi connectivity index (χ4v) is 4.00. The first kappa shape index (κ1) is 12.9. The Morgan fingerprint density at radius 1 is 1.00 bits per heavy atom. The number of hydrogen-bond donors (Lipinski definition) is 0. The lowest BCUT2D eigenvalue weighted by molar-refractivity contribution is 0.157. The van der Waals surface area contributed by atoms with Crippen LogP contribution in [0.3, 0.4) is 0 Å². The van der Waals surface area contributed by atoms with Gasteiger partial charge in [-0.05, 0) is 31.7 Å². The molecule has 0 aliphatic carbocycles. The van der Waals surface area contributed by atoms with E-state index in [9.17, 15) is 4.79 Å². The maximum atomic E-state index is 12.6. The molecule has 3 saturated heterocycles. The van der Waals surface area contributed by atoms with Gasteiger partial charge in [-0.15, -0.1) is 0 Å². The van der Waals surface area contributed by atoms with Crippen molar-refractivity contribution in [1.29, 1.82) is 0 Å². The number of rotatable bonds is 1. The smallest absolute Gasteiger partial charge is 0.320 e. The van der Waals surface area contributed by atoms with Crippen molar-refractivity contribution in [2.45, 2.75) is 37.8 Å². The maximum Gasteiger partial charge on any atom is 0.320 e. The molecule has 0 radical (unpaired) electrons. The van der Waals surface area contributed by atoms with E-state index in [0.717, 1.165) is 57.8 Å². The average Bonchev–Trinajstić information content (AvgIpc) is 3.24. The van der Waals surface area contributed by atoms with Crippen molar-refractivity contribution < 1.29 is 4.79 Å². The van der Waals surface area contributed by atoms with Gasteiger partial charge in [-0.1, -0.05) is 0 Å². The molecular formula is C15H21N5O. The first-order valence-corrected chi connectivity index (χ1v) is 7.94. The molecule has 2 amide bonds. The number of hydrogen-bond acceptors (Lipinski definition) is 4. The van der Waals surface area contributed by atoms with E-state index >= 15 is 0 Å². The summed E-state index contributed by atoms with van der Waals surface area (Å²) in [4.78, 5) is 27.8. The van der Waals surface area contributed by atoms with Crippen LogP contribution in [0.2, 0.25) is 0 Å². The highest BCUT2D eigenvalue weighted by molar-refractivity contribution is 5.76. The van der Waals surface area contributed by atoms with E-state index in [4.69, 9.17) is 0 Å². The van der Waals surface area contributed by atoms with Crippen LogP contribution in [0.15, 0.2) is 18.5 Å². The Hall–Kier alpha value is -1.85. The number of nitrogens with zero attached hydrogens (tertiary/aromatic N) is 5. The lowest BCUT2D eigenvalue weighted by Crippen LogP contribution is -2.46. The molecule has 112 valence electrons. The van der Waals surface area contributed by atoms with Gasteiger partial charge in [0, 0.05) is 38.6 Å². The molecule has 3 aliphatic heterocycles. The van der Waals surface area contributed by atoms with Crippen LogP contribution in [0.4, 0.5) is 10.7 Å². The fourth-order valence-electron chi connectivity index (χ4n) is 4.00. The number of likely N-dealkylation sites (tertiary alicyclic amines) is 2. The van der Waals surface area contributed by atoms with Gasteiger partial charge in [0.2, 0.25) is 5.95 Å². The number of carbonyl (C=O) groups excluding carboxylic acids is 1. The van der Waals surface area contributed by atoms with Crippen molar-refractivity contribution in [2.75, 3.05) is 31.1 Å². The molecule has 0 spiro atoms. The summed E-state index contributed by atoms with van der Waals surface area (Å²) in [5.74, 6) is 0.806. The van der Waals surface area contributed by atoms with Crippen LogP contribution in [0, 0.1) is 0 Å². The molecule has 2 atom stereocenters. The quantitative estimate of drug-likeness (QED) is 0.782. The second kappa shape index (κ2) is 5.16. The summed E-state index contributed by atoms with van der Waals surface area (Å²) < 4.78 is 0. The molecule has 4 heterocycles. The third-order valence-corrected chi connectivity index (χ3v) is 5.01. The van der Waals surface area contributed by atoms with Gasteiger partial charge in [0.25, 0.3) is 0 Å². The lowest BCUT2D eigenvalue weighted by Gasteiger charge is -2.29. The van der Waals surface area contributed by atoms with Crippen molar-refractivity contribution in [3.63, 3.8) is 0 Å². The van der Waals surface area contributed by atoms with Gasteiger partial charge in [-0.25, -0.2) is 14.8 Å². The molecule has 6 nitrogen and oxygen atoms in total. The van der Waals surface area contributed by atoms with Crippen molar-refractivity contribution in [3.05, 3.63) is 18.5 Å². The number of fused-ring (bicyclic) bond motifs is 1. The van der Waals surface area contributed by atoms with Crippen molar-refractivity contribution in [2.24, 2.45) is 0 Å². The predicted octanol–water partition coefficient (Wildman–Crippen LogP) is 1.35. The summed E-state index contributed by atoms with van der Waals surface area (Å²) in [5, 5.41) is 0. The maximum absolute atomic E-state index is 12.6. The molecule has 3 fully saturated rings. The van der Waals surface area contributed by atoms with E-state index in [1.54, 1.807) is 12.4 Å². The first-order chi connectivity index (χ1) is 10.3. The molecule has 6 heteroatoms. The van der Waals surface area contributed by atoms with Gasteiger partial charge >= 0.3 is 6.03 Å². The number of aromatic nitrogens is 2. The van der Waals surface area contributed by atoms with Gasteiger partial charge in [0.05, 0.1) is 12.1 Å². The zero-order valence-electron chi connectivity index (χ0n) is 12.2. The third kappa shape index (κ3) is 2.13. The summed E-state index contributed by atoms with van der Waals surface area (Å²) in [6, 6.07) is 2.81. The summed E-state index contributed by atoms with van der Waals surface area (Å²) in [7, 11) is 0. The van der Waals surface area contributed by atoms with Crippen LogP contribution in [-0.2, 0) is 0 Å². The molecule has 3 aliphatic rings. The molecule has 4 rings (SSSR count). The second-order valence-electron chi connectivity index (χ2n) is 6.12. The van der Waals surface area contributed by atoms with Gasteiger partial charge in [0.1, 0.15) is 0 Å². The Kier molecular flexibility index (Phi) is 3.16. The SMILES string of the molecule is O=C(N1CCCC1)N1CC[C@@H]2[C@@H]1CCN2c1ncccn1. The Morgan fingerprint density at radius 3 is 2.48 bits per heavy atom. The Labute approximate surface area is 124 Å². The molecule has 1 aromatic heterocycles. The van der Waals surface area contributed by atoms with Gasteiger partial charge in [-0.3, -0.25) is 0 Å². The minimum Gasteiger partial charge on any atom is -0.336 e. The molecule has 0 saturated carbocycles. The number of anilines is 1. The van der Waals surface area contributed by atoms with E-state index in [1.165, 1.54) is 0 Å². The minimum atomic E-state index is 0.246. The second-order valence-corrected chi connectivity index (χ2v) is 6.12. The number of carbonyl (C=O) groups is 1. The zero-order valence-corrected chi connectivity index (χ0v) is 12.2. The van der Waals surface area contributed by atoms with Gasteiger partial charge in [0.15, 0.2) is 0 Å². The minimum absolute atomic E-state index is 0.246. The van der Waals surface area contributed by atoms with Crippen molar-refractivity contribution in [3.8, 4) is 0 Å². The Morgan fingerprint density at radius 2 is 1.71 bits per heavy atom. The molecule has 0 N–H and O–H groups in total. The number of urea groups is 1. The van der Waals surface area contributed by atoms with E-state index in [0.29, 0.717) is 12.1 Å². The highest BCUT2D eigenvalue weighted by Crippen LogP contribution is 2.34. The molecular weight excluding hydrogens is 266 g/mol. The molecule has 1 aromatic rings. The van der Waals surface area contributed by atoms with Crippen LogP contribution in [-0.4, -0.2) is 64.1 Å². The molecule has 21 heavy (non-hydrogen) atoms. The van der Waals surface area contributed by atoms with Crippen LogP contribution in [0.1, 0.15) is 25.7 Å². The fraction of sp³-hybridized carbons (Fsp3) is 0.667. The van der Waals surface area contributed by atoms with E-state index < -0.39 is 0 Å². The van der Waals surface area contributed by atoms with Crippen LogP contribution in [0.5, 0.6) is 0 Å². The molecule has 0 unspecified atom stereocenters. The largest absolute Gasteiger partial charge is 0.336 e. The van der Waals surface area contributed by atoms with Crippen LogP contribution >= 0.6 is 0 Å². The van der Waals surface area contributed by atoms with E-state index in [-0.39, 0.29) is 6.03 Å². The number of amides is 2. The van der Waals surface area contributed by atoms with Crippen molar-refractivity contribution in [1.82, 2.24) is 19.8 Å². The Bertz CT molecular complexity index is 516. The van der Waals surface area contributed by atoms with Crippen LogP contribution < -0.4 is 4.90 Å². The lowest BCUT2D eigenvalue weighted by atomic mass is 10.1. The highest BCUT2D eigenvalue weighted by atomic mass is 16.2. The van der Waals surface area contributed by atoms with E-state index in [2.05, 4.69) is 19.8 Å². The van der Waals surface area contributed by atoms with Gasteiger partial charge in [-0.2, -0.15) is 0 Å². The third-order valence-electron chi connectivity index (χ3n) is 5.01. The zero-order chi connectivity index (χ0) is 14.2. The van der Waals surface area contributed by atoms with Crippen LogP contribution in [0.25, 0.3) is 0 Å². The monoisotopic (exact) mass is 287 g/mol. The predicted molar refractivity (Wildman–Crippen MR) is 79.1 cm³/mol. The average molecular weight is 287 g/mol. The normalized spacial score (nSPS) is 28.3. The summed E-state index contributed by atoms with van der Waals surface area (Å²) in [6.07, 6.45) is 7.94. The Balaban J connectivity index is 1.49. The summed E-state index contributed by atoms with van der Waals surface area (Å²) in [6.45, 7) is 3.67. The van der Waals surface area contributed by atoms with Crippen molar-refractivity contribution >= 4 is 12.0 Å². The topological polar surface area (TPSA) is 52.6 Å². The highest BCUT2D eigenvalue weighted by Gasteiger charge is 2.46. The summed E-state index contributed by atoms with van der Waals surface area (Å²) >= 11 is 0. The first-order valence-electron chi connectivity index (χ1n) is 7.94. The molecule has 0 aromatic carbocycles. The van der Waals surface area contributed by atoms with E-state index in [1.807, 2.05) is 11.0 Å². The molecule has 0 bridgehead atoms.